The van der Waals surface area contributed by atoms with Crippen LogP contribution in [-0.4, -0.2) is 23.7 Å². The van der Waals surface area contributed by atoms with E-state index >= 15 is 0 Å². The summed E-state index contributed by atoms with van der Waals surface area (Å²) in [7, 11) is 0. The van der Waals surface area contributed by atoms with E-state index < -0.39 is 35.6 Å². The molecule has 1 rings (SSSR count). The number of alkyl halides is 3. The molecule has 4 nitrogen and oxygen atoms in total. The number of esters is 1. The van der Waals surface area contributed by atoms with Crippen LogP contribution in [0.1, 0.15) is 46.0 Å². The van der Waals surface area contributed by atoms with E-state index in [9.17, 15) is 27.9 Å². The molecule has 1 aliphatic carbocycles. The van der Waals surface area contributed by atoms with Gasteiger partial charge in [-0.15, -0.1) is 0 Å². The molecular weight excluding hydrogens is 301 g/mol. The first kappa shape index (κ1) is 18.5. The fourth-order valence-corrected chi connectivity index (χ4v) is 3.07. The lowest BCUT2D eigenvalue weighted by molar-refractivity contribution is -0.297. The average Bonchev–Trinajstić information content (AvgIpc) is 2.59. The molecule has 0 aromatic carbocycles. The zero-order valence-corrected chi connectivity index (χ0v) is 12.6. The molecule has 1 fully saturated rings. The topological polar surface area (TPSA) is 66.4 Å². The lowest BCUT2D eigenvalue weighted by Crippen LogP contribution is -2.52. The minimum atomic E-state index is -4.48. The van der Waals surface area contributed by atoms with E-state index in [1.165, 1.54) is 0 Å². The molecule has 126 valence electrons. The van der Waals surface area contributed by atoms with E-state index in [2.05, 4.69) is 0 Å². The van der Waals surface area contributed by atoms with E-state index in [1.807, 2.05) is 0 Å². The first-order valence-electron chi connectivity index (χ1n) is 7.28. The van der Waals surface area contributed by atoms with Crippen LogP contribution in [0.3, 0.4) is 0 Å². The molecule has 22 heavy (non-hydrogen) atoms. The van der Waals surface area contributed by atoms with Gasteiger partial charge < -0.3 is 14.6 Å². The van der Waals surface area contributed by atoms with Crippen LogP contribution >= 0.6 is 0 Å². The van der Waals surface area contributed by atoms with Gasteiger partial charge >= 0.3 is 12.1 Å². The van der Waals surface area contributed by atoms with E-state index in [4.69, 9.17) is 4.74 Å². The predicted molar refractivity (Wildman–Crippen MR) is 70.4 cm³/mol. The third-order valence-corrected chi connectivity index (χ3v) is 4.17. The van der Waals surface area contributed by atoms with Crippen molar-refractivity contribution in [2.75, 3.05) is 0 Å². The van der Waals surface area contributed by atoms with Gasteiger partial charge in [-0.1, -0.05) is 26.7 Å². The molecule has 1 aliphatic rings. The van der Waals surface area contributed by atoms with E-state index in [0.717, 1.165) is 0 Å². The Morgan fingerprint density at radius 3 is 2.36 bits per heavy atom. The molecule has 2 unspecified atom stereocenters. The van der Waals surface area contributed by atoms with Crippen molar-refractivity contribution in [1.82, 2.24) is 0 Å². The number of aliphatic carboxylic acids is 1. The van der Waals surface area contributed by atoms with Crippen LogP contribution in [0.15, 0.2) is 12.2 Å². The zero-order chi connectivity index (χ0) is 17.0. The highest BCUT2D eigenvalue weighted by Crippen LogP contribution is 2.48. The fourth-order valence-electron chi connectivity index (χ4n) is 3.07. The molecule has 0 aromatic heterocycles. The van der Waals surface area contributed by atoms with Crippen LogP contribution < -0.4 is 5.11 Å². The quantitative estimate of drug-likeness (QED) is 0.453. The van der Waals surface area contributed by atoms with Gasteiger partial charge in [0, 0.05) is 6.08 Å². The van der Waals surface area contributed by atoms with Gasteiger partial charge in [0.25, 0.3) is 0 Å². The van der Waals surface area contributed by atoms with Gasteiger partial charge in [-0.2, -0.15) is 13.2 Å². The minimum absolute atomic E-state index is 0.0981. The summed E-state index contributed by atoms with van der Waals surface area (Å²) in [5.41, 5.74) is -1.66. The molecule has 0 aliphatic heterocycles. The zero-order valence-electron chi connectivity index (χ0n) is 12.6. The van der Waals surface area contributed by atoms with Crippen LogP contribution in [0.25, 0.3) is 0 Å². The smallest absolute Gasteiger partial charge is 0.395 e. The Morgan fingerprint density at radius 1 is 1.23 bits per heavy atom. The van der Waals surface area contributed by atoms with Crippen LogP contribution in [0.5, 0.6) is 0 Å². The Balaban J connectivity index is 3.13. The normalized spacial score (nSPS) is 26.9. The Bertz CT molecular complexity index is 443. The van der Waals surface area contributed by atoms with Gasteiger partial charge in [-0.05, 0) is 31.3 Å². The van der Waals surface area contributed by atoms with Gasteiger partial charge in [-0.25, -0.2) is 4.79 Å². The van der Waals surface area contributed by atoms with Crippen molar-refractivity contribution < 1.29 is 32.6 Å². The molecule has 0 saturated heterocycles. The number of halogens is 3. The van der Waals surface area contributed by atoms with Gasteiger partial charge in [0.1, 0.15) is 5.60 Å². The maximum atomic E-state index is 13.4. The van der Waals surface area contributed by atoms with Crippen molar-refractivity contribution in [3.8, 4) is 0 Å². The number of hydrogen-bond donors (Lipinski definition) is 0. The number of rotatable bonds is 4. The first-order chi connectivity index (χ1) is 10.1. The molecule has 0 amide bonds. The summed E-state index contributed by atoms with van der Waals surface area (Å²) in [5, 5.41) is 10.3. The molecule has 0 spiro atoms. The largest absolute Gasteiger partial charge is 0.545 e. The Kier molecular flexibility index (Phi) is 6.02. The lowest BCUT2D eigenvalue weighted by Gasteiger charge is -2.43. The van der Waals surface area contributed by atoms with Crippen molar-refractivity contribution in [3.05, 3.63) is 12.2 Å². The second-order valence-electron chi connectivity index (χ2n) is 5.88. The first-order valence-corrected chi connectivity index (χ1v) is 7.28. The second kappa shape index (κ2) is 7.15. The maximum Gasteiger partial charge on any atom is 0.395 e. The maximum absolute atomic E-state index is 13.4. The van der Waals surface area contributed by atoms with Crippen molar-refractivity contribution in [3.63, 3.8) is 0 Å². The van der Waals surface area contributed by atoms with Crippen molar-refractivity contribution >= 4 is 11.9 Å². The minimum Gasteiger partial charge on any atom is -0.545 e. The standard InChI is InChI=1S/C15H21F3O4/c1-10(2)14(22-13(21)8-7-12(19)20)9-5-3-4-6-11(14)15(16,17)18/h7-8,10-11H,3-6,9H2,1-2H3,(H,19,20)/p-1/b8-7+. The number of hydrogen-bond acceptors (Lipinski definition) is 4. The molecule has 0 aromatic rings. The highest BCUT2D eigenvalue weighted by molar-refractivity contribution is 5.90. The number of carboxylic acid groups (broad SMARTS) is 1. The number of carboxylic acids is 1. The molecular formula is C15H20F3O4-. The van der Waals surface area contributed by atoms with E-state index in [0.29, 0.717) is 31.4 Å². The number of ether oxygens (including phenoxy) is 1. The SMILES string of the molecule is CC(C)C1(OC(=O)/C=C/C(=O)[O-])CCCCCC1C(F)(F)F. The Morgan fingerprint density at radius 2 is 1.86 bits per heavy atom. The van der Waals surface area contributed by atoms with Crippen molar-refractivity contribution in [1.29, 1.82) is 0 Å². The van der Waals surface area contributed by atoms with Gasteiger partial charge in [0.05, 0.1) is 11.9 Å². The fraction of sp³-hybridized carbons (Fsp3) is 0.733. The molecule has 1 saturated carbocycles. The molecule has 0 bridgehead atoms. The third kappa shape index (κ3) is 4.48. The van der Waals surface area contributed by atoms with Crippen molar-refractivity contribution in [2.24, 2.45) is 11.8 Å². The van der Waals surface area contributed by atoms with Gasteiger partial charge in [-0.3, -0.25) is 0 Å². The van der Waals surface area contributed by atoms with Crippen LogP contribution in [-0.2, 0) is 14.3 Å². The van der Waals surface area contributed by atoms with E-state index in [-0.39, 0.29) is 12.8 Å². The van der Waals surface area contributed by atoms with Gasteiger partial charge in [0.2, 0.25) is 0 Å². The lowest BCUT2D eigenvalue weighted by atomic mass is 9.74. The average molecular weight is 321 g/mol. The van der Waals surface area contributed by atoms with Crippen molar-refractivity contribution in [2.45, 2.75) is 57.7 Å². The monoisotopic (exact) mass is 321 g/mol. The summed E-state index contributed by atoms with van der Waals surface area (Å²) in [6.07, 6.45) is -1.82. The molecule has 0 radical (unpaired) electrons. The van der Waals surface area contributed by atoms with Crippen LogP contribution in [0.4, 0.5) is 13.2 Å². The number of carbonyl (C=O) groups excluding carboxylic acids is 2. The highest BCUT2D eigenvalue weighted by atomic mass is 19.4. The third-order valence-electron chi connectivity index (χ3n) is 4.17. The molecule has 2 atom stereocenters. The summed E-state index contributed by atoms with van der Waals surface area (Å²) in [5.74, 6) is -4.99. The van der Waals surface area contributed by atoms with Crippen LogP contribution in [0, 0.1) is 11.8 Å². The summed E-state index contributed by atoms with van der Waals surface area (Å²) in [6, 6.07) is 0. The summed E-state index contributed by atoms with van der Waals surface area (Å²) in [4.78, 5) is 22.0. The molecule has 0 heterocycles. The highest BCUT2D eigenvalue weighted by Gasteiger charge is 2.57. The Hall–Kier alpha value is -1.53. The Labute approximate surface area is 127 Å². The van der Waals surface area contributed by atoms with Crippen LogP contribution in [0.2, 0.25) is 0 Å². The number of carbonyl (C=O) groups is 2. The summed E-state index contributed by atoms with van der Waals surface area (Å²) in [6.45, 7) is 3.17. The van der Waals surface area contributed by atoms with E-state index in [1.54, 1.807) is 13.8 Å². The predicted octanol–water partition coefficient (Wildman–Crippen LogP) is 2.37. The summed E-state index contributed by atoms with van der Waals surface area (Å²) < 4.78 is 45.5. The second-order valence-corrected chi connectivity index (χ2v) is 5.88. The molecule has 0 N–H and O–H groups in total. The molecule has 7 heteroatoms. The summed E-state index contributed by atoms with van der Waals surface area (Å²) >= 11 is 0. The van der Waals surface area contributed by atoms with Gasteiger partial charge in [0.15, 0.2) is 0 Å².